The second-order valence-electron chi connectivity index (χ2n) is 2.19. The third kappa shape index (κ3) is 5.56. The van der Waals surface area contributed by atoms with Crippen molar-refractivity contribution in [2.24, 2.45) is 0 Å². The maximum Gasteiger partial charge on any atom is 0.308 e. The lowest BCUT2D eigenvalue weighted by atomic mass is 10.2. The molecule has 0 aromatic rings. The Morgan fingerprint density at radius 1 is 1.70 bits per heavy atom. The van der Waals surface area contributed by atoms with Gasteiger partial charge < -0.3 is 9.84 Å². The van der Waals surface area contributed by atoms with Crippen LogP contribution in [0.4, 0.5) is 0 Å². The van der Waals surface area contributed by atoms with Gasteiger partial charge in [-0.25, -0.2) is 0 Å². The number of unbranched alkanes of at least 4 members (excludes halogenated alkanes) is 1. The number of carbonyl (C=O) groups is 1. The molecule has 0 aliphatic carbocycles. The highest BCUT2D eigenvalue weighted by atomic mass is 16.6. The molecule has 3 nitrogen and oxygen atoms in total. The molecular weight excluding hydrogens is 132 g/mol. The largest absolute Gasteiger partial charge is 0.436 e. The van der Waals surface area contributed by atoms with Crippen molar-refractivity contribution >= 4 is 5.97 Å². The molecule has 0 spiro atoms. The van der Waals surface area contributed by atoms with E-state index in [2.05, 4.69) is 4.74 Å². The summed E-state index contributed by atoms with van der Waals surface area (Å²) in [5.74, 6) is -0.322. The molecule has 0 heterocycles. The summed E-state index contributed by atoms with van der Waals surface area (Å²) >= 11 is 0. The van der Waals surface area contributed by atoms with Crippen LogP contribution in [0.1, 0.15) is 33.1 Å². The summed E-state index contributed by atoms with van der Waals surface area (Å²) in [7, 11) is 0. The third-order valence-corrected chi connectivity index (χ3v) is 1.04. The Bertz CT molecular complexity index is 99.0. The van der Waals surface area contributed by atoms with Crippen LogP contribution in [0.25, 0.3) is 0 Å². The molecule has 0 rings (SSSR count). The van der Waals surface area contributed by atoms with Crippen LogP contribution in [0.5, 0.6) is 0 Å². The first kappa shape index (κ1) is 9.43. The van der Waals surface area contributed by atoms with Gasteiger partial charge in [-0.05, 0) is 13.3 Å². The van der Waals surface area contributed by atoms with E-state index in [0.29, 0.717) is 6.42 Å². The van der Waals surface area contributed by atoms with Crippen LogP contribution >= 0.6 is 0 Å². The van der Waals surface area contributed by atoms with Crippen molar-refractivity contribution in [1.82, 2.24) is 0 Å². The van der Waals surface area contributed by atoms with Crippen molar-refractivity contribution < 1.29 is 14.6 Å². The fourth-order valence-corrected chi connectivity index (χ4v) is 0.570. The minimum Gasteiger partial charge on any atom is -0.436 e. The molecular formula is C7H14O3. The van der Waals surface area contributed by atoms with Crippen molar-refractivity contribution in [3.63, 3.8) is 0 Å². The van der Waals surface area contributed by atoms with Gasteiger partial charge in [0.2, 0.25) is 0 Å². The Balaban J connectivity index is 3.26. The van der Waals surface area contributed by atoms with Crippen LogP contribution in [0.15, 0.2) is 0 Å². The highest BCUT2D eigenvalue weighted by molar-refractivity contribution is 5.69. The van der Waals surface area contributed by atoms with Gasteiger partial charge in [0.25, 0.3) is 0 Å². The van der Waals surface area contributed by atoms with E-state index < -0.39 is 6.29 Å². The van der Waals surface area contributed by atoms with E-state index >= 15 is 0 Å². The summed E-state index contributed by atoms with van der Waals surface area (Å²) in [5, 5.41) is 8.58. The Hall–Kier alpha value is -0.570. The molecule has 0 aromatic carbocycles. The van der Waals surface area contributed by atoms with Crippen molar-refractivity contribution in [2.45, 2.75) is 39.4 Å². The van der Waals surface area contributed by atoms with Crippen molar-refractivity contribution in [3.8, 4) is 0 Å². The highest BCUT2D eigenvalue weighted by Gasteiger charge is 2.03. The summed E-state index contributed by atoms with van der Waals surface area (Å²) in [5.41, 5.74) is 0. The Morgan fingerprint density at radius 2 is 2.30 bits per heavy atom. The Morgan fingerprint density at radius 3 is 2.70 bits per heavy atom. The minimum absolute atomic E-state index is 0.322. The molecule has 0 unspecified atom stereocenters. The lowest BCUT2D eigenvalue weighted by Gasteiger charge is -2.05. The van der Waals surface area contributed by atoms with Crippen LogP contribution in [0.3, 0.4) is 0 Å². The maximum absolute atomic E-state index is 10.6. The summed E-state index contributed by atoms with van der Waals surface area (Å²) in [4.78, 5) is 10.6. The molecule has 0 saturated heterocycles. The van der Waals surface area contributed by atoms with Gasteiger partial charge in [-0.2, -0.15) is 0 Å². The normalized spacial score (nSPS) is 12.7. The van der Waals surface area contributed by atoms with E-state index in [4.69, 9.17) is 5.11 Å². The minimum atomic E-state index is -0.968. The zero-order valence-corrected chi connectivity index (χ0v) is 6.46. The predicted molar refractivity (Wildman–Crippen MR) is 37.3 cm³/mol. The van der Waals surface area contributed by atoms with Crippen LogP contribution in [0.2, 0.25) is 0 Å². The molecule has 0 fully saturated rings. The molecule has 1 atom stereocenters. The first-order valence-electron chi connectivity index (χ1n) is 3.54. The summed E-state index contributed by atoms with van der Waals surface area (Å²) in [6.45, 7) is 3.42. The maximum atomic E-state index is 10.6. The fraction of sp³-hybridized carbons (Fsp3) is 0.857. The lowest BCUT2D eigenvalue weighted by molar-refractivity contribution is -0.164. The lowest BCUT2D eigenvalue weighted by Crippen LogP contribution is -2.13. The van der Waals surface area contributed by atoms with E-state index in [0.717, 1.165) is 12.8 Å². The van der Waals surface area contributed by atoms with Gasteiger partial charge in [0.1, 0.15) is 0 Å². The van der Waals surface area contributed by atoms with Gasteiger partial charge in [0.05, 0.1) is 0 Å². The second kappa shape index (κ2) is 5.23. The quantitative estimate of drug-likeness (QED) is 0.476. The predicted octanol–water partition coefficient (Wildman–Crippen LogP) is 1.06. The summed E-state index contributed by atoms with van der Waals surface area (Å²) < 4.78 is 4.47. The molecule has 10 heavy (non-hydrogen) atoms. The van der Waals surface area contributed by atoms with E-state index in [1.807, 2.05) is 6.92 Å². The van der Waals surface area contributed by atoms with E-state index in [-0.39, 0.29) is 5.97 Å². The summed E-state index contributed by atoms with van der Waals surface area (Å²) in [6, 6.07) is 0. The van der Waals surface area contributed by atoms with Crippen LogP contribution in [-0.2, 0) is 9.53 Å². The molecule has 60 valence electrons. The highest BCUT2D eigenvalue weighted by Crippen LogP contribution is 1.97. The molecule has 1 N–H and O–H groups in total. The number of carbonyl (C=O) groups excluding carboxylic acids is 1. The average Bonchev–Trinajstić information content (AvgIpc) is 1.82. The molecule has 0 amide bonds. The monoisotopic (exact) mass is 146 g/mol. The number of esters is 1. The molecule has 0 bridgehead atoms. The van der Waals surface area contributed by atoms with E-state index in [1.165, 1.54) is 6.92 Å². The first-order valence-corrected chi connectivity index (χ1v) is 3.54. The molecule has 0 aliphatic rings. The Labute approximate surface area is 61.0 Å². The van der Waals surface area contributed by atoms with Crippen molar-refractivity contribution in [2.75, 3.05) is 0 Å². The van der Waals surface area contributed by atoms with E-state index in [1.54, 1.807) is 0 Å². The number of aliphatic hydroxyl groups is 1. The summed E-state index contributed by atoms with van der Waals surface area (Å²) in [6.07, 6.45) is 1.23. The SMILES string of the molecule is CCCCC(=O)O[C@H](C)O. The van der Waals surface area contributed by atoms with Gasteiger partial charge >= 0.3 is 5.97 Å². The zero-order valence-electron chi connectivity index (χ0n) is 6.46. The zero-order chi connectivity index (χ0) is 7.98. The van der Waals surface area contributed by atoms with Gasteiger partial charge in [0, 0.05) is 6.42 Å². The van der Waals surface area contributed by atoms with Gasteiger partial charge in [-0.1, -0.05) is 13.3 Å². The van der Waals surface area contributed by atoms with Crippen LogP contribution in [-0.4, -0.2) is 17.4 Å². The number of ether oxygens (including phenoxy) is 1. The topological polar surface area (TPSA) is 46.5 Å². The number of hydrogen-bond donors (Lipinski definition) is 1. The Kier molecular flexibility index (Phi) is 4.94. The van der Waals surface area contributed by atoms with Gasteiger partial charge in [-0.3, -0.25) is 4.79 Å². The number of hydrogen-bond acceptors (Lipinski definition) is 3. The van der Waals surface area contributed by atoms with Crippen molar-refractivity contribution in [3.05, 3.63) is 0 Å². The fourth-order valence-electron chi connectivity index (χ4n) is 0.570. The standard InChI is InChI=1S/C7H14O3/c1-3-4-5-7(9)10-6(2)8/h6,8H,3-5H2,1-2H3/t6-/m1/s1. The van der Waals surface area contributed by atoms with Gasteiger partial charge in [-0.15, -0.1) is 0 Å². The van der Waals surface area contributed by atoms with Gasteiger partial charge in [0.15, 0.2) is 6.29 Å². The molecule has 0 aliphatic heterocycles. The number of rotatable bonds is 4. The first-order chi connectivity index (χ1) is 4.66. The smallest absolute Gasteiger partial charge is 0.308 e. The average molecular weight is 146 g/mol. The molecule has 0 radical (unpaired) electrons. The molecule has 3 heteroatoms. The third-order valence-electron chi connectivity index (χ3n) is 1.04. The molecule has 0 aromatic heterocycles. The van der Waals surface area contributed by atoms with Crippen LogP contribution in [0, 0.1) is 0 Å². The van der Waals surface area contributed by atoms with Crippen molar-refractivity contribution in [1.29, 1.82) is 0 Å². The number of aliphatic hydroxyl groups excluding tert-OH is 1. The molecule has 0 saturated carbocycles. The van der Waals surface area contributed by atoms with Crippen LogP contribution < -0.4 is 0 Å². The second-order valence-corrected chi connectivity index (χ2v) is 2.19. The van der Waals surface area contributed by atoms with E-state index in [9.17, 15) is 4.79 Å².